The molecule has 1 atom stereocenters. The van der Waals surface area contributed by atoms with E-state index in [2.05, 4.69) is 4.99 Å². The van der Waals surface area contributed by atoms with Gasteiger partial charge in [-0.05, 0) is 69.2 Å². The molecule has 0 fully saturated rings. The molecule has 0 saturated carbocycles. The lowest BCUT2D eigenvalue weighted by molar-refractivity contribution is -0.139. The highest BCUT2D eigenvalue weighted by atomic mass is 35.5. The van der Waals surface area contributed by atoms with Gasteiger partial charge in [-0.1, -0.05) is 41.1 Å². The average Bonchev–Trinajstić information content (AvgIpc) is 3.15. The topological polar surface area (TPSA) is 79.1 Å². The van der Waals surface area contributed by atoms with E-state index in [4.69, 9.17) is 25.8 Å². The predicted molar refractivity (Wildman–Crippen MR) is 141 cm³/mol. The molecule has 0 saturated heterocycles. The number of benzene rings is 2. The lowest BCUT2D eigenvalue weighted by Crippen LogP contribution is -2.40. The Labute approximate surface area is 217 Å². The number of carbonyl (C=O) groups excluding carboxylic acids is 1. The first-order valence-corrected chi connectivity index (χ1v) is 12.9. The second-order valence-corrected chi connectivity index (χ2v) is 9.37. The van der Waals surface area contributed by atoms with E-state index in [1.54, 1.807) is 42.7 Å². The fourth-order valence-corrected chi connectivity index (χ4v) is 5.23. The molecule has 7 nitrogen and oxygen atoms in total. The summed E-state index contributed by atoms with van der Waals surface area (Å²) in [5.41, 5.74) is 2.10. The van der Waals surface area contributed by atoms with Crippen molar-refractivity contribution in [3.8, 4) is 11.5 Å². The summed E-state index contributed by atoms with van der Waals surface area (Å²) in [6.07, 6.45) is 1.80. The van der Waals surface area contributed by atoms with E-state index < -0.39 is 12.0 Å². The van der Waals surface area contributed by atoms with Crippen LogP contribution in [-0.2, 0) is 9.53 Å². The van der Waals surface area contributed by atoms with Crippen LogP contribution in [0.15, 0.2) is 63.5 Å². The number of aromatic nitrogens is 1. The van der Waals surface area contributed by atoms with Crippen LogP contribution in [0.1, 0.15) is 44.9 Å². The highest BCUT2D eigenvalue weighted by molar-refractivity contribution is 7.07. The summed E-state index contributed by atoms with van der Waals surface area (Å²) >= 11 is 7.28. The number of fused-ring (bicyclic) bond motifs is 1. The molecular weight excluding hydrogens is 500 g/mol. The van der Waals surface area contributed by atoms with Gasteiger partial charge in [0.1, 0.15) is 0 Å². The van der Waals surface area contributed by atoms with Gasteiger partial charge in [-0.3, -0.25) is 9.36 Å². The SMILES string of the molecule is CCOC(=O)C1=C(C)N=c2sc(=Cc3ccc(Cl)cc3)c(=O)n2C1c1ccc(OCC)c(OCC)c1. The Balaban J connectivity index is 1.94. The van der Waals surface area contributed by atoms with E-state index >= 15 is 0 Å². The summed E-state index contributed by atoms with van der Waals surface area (Å²) in [5, 5.41) is 0.615. The van der Waals surface area contributed by atoms with Crippen LogP contribution in [0.25, 0.3) is 6.08 Å². The third kappa shape index (κ3) is 5.10. The van der Waals surface area contributed by atoms with E-state index in [1.807, 2.05) is 38.1 Å². The van der Waals surface area contributed by atoms with Crippen LogP contribution in [0.2, 0.25) is 5.02 Å². The van der Waals surface area contributed by atoms with Crippen molar-refractivity contribution in [1.29, 1.82) is 0 Å². The molecule has 0 aliphatic carbocycles. The van der Waals surface area contributed by atoms with E-state index in [1.165, 1.54) is 11.3 Å². The van der Waals surface area contributed by atoms with Crippen molar-refractivity contribution in [3.63, 3.8) is 0 Å². The minimum absolute atomic E-state index is 0.205. The Morgan fingerprint density at radius 1 is 1.06 bits per heavy atom. The number of thiazole rings is 1. The van der Waals surface area contributed by atoms with Gasteiger partial charge in [0.15, 0.2) is 16.3 Å². The van der Waals surface area contributed by atoms with E-state index in [9.17, 15) is 9.59 Å². The smallest absolute Gasteiger partial charge is 0.338 e. The van der Waals surface area contributed by atoms with Gasteiger partial charge in [-0.25, -0.2) is 9.79 Å². The average molecular weight is 527 g/mol. The number of nitrogens with zero attached hydrogens (tertiary/aromatic N) is 2. The predicted octanol–water partition coefficient (Wildman–Crippen LogP) is 4.25. The van der Waals surface area contributed by atoms with Crippen molar-refractivity contribution in [3.05, 3.63) is 89.6 Å². The molecule has 1 unspecified atom stereocenters. The number of rotatable bonds is 8. The number of halogens is 1. The van der Waals surface area contributed by atoms with Crippen LogP contribution < -0.4 is 24.4 Å². The molecule has 0 amide bonds. The van der Waals surface area contributed by atoms with Crippen LogP contribution in [0.3, 0.4) is 0 Å². The second kappa shape index (κ2) is 11.1. The molecular formula is C27H27ClN2O5S. The van der Waals surface area contributed by atoms with Crippen molar-refractivity contribution in [1.82, 2.24) is 4.57 Å². The number of hydrogen-bond acceptors (Lipinski definition) is 7. The van der Waals surface area contributed by atoms with Crippen LogP contribution >= 0.6 is 22.9 Å². The maximum Gasteiger partial charge on any atom is 0.338 e. The molecule has 9 heteroatoms. The Hall–Kier alpha value is -3.36. The van der Waals surface area contributed by atoms with Crippen molar-refractivity contribution in [2.75, 3.05) is 19.8 Å². The van der Waals surface area contributed by atoms with Crippen molar-refractivity contribution >= 4 is 35.0 Å². The third-order valence-electron chi connectivity index (χ3n) is 5.57. The fourth-order valence-electron chi connectivity index (χ4n) is 4.06. The number of hydrogen-bond donors (Lipinski definition) is 0. The van der Waals surface area contributed by atoms with Gasteiger partial charge in [0.25, 0.3) is 5.56 Å². The highest BCUT2D eigenvalue weighted by Crippen LogP contribution is 2.36. The number of allylic oxidation sites excluding steroid dienone is 1. The Morgan fingerprint density at radius 3 is 2.42 bits per heavy atom. The van der Waals surface area contributed by atoms with Crippen LogP contribution in [0.5, 0.6) is 11.5 Å². The first kappa shape index (κ1) is 25.7. The van der Waals surface area contributed by atoms with Crippen molar-refractivity contribution < 1.29 is 19.0 Å². The summed E-state index contributed by atoms with van der Waals surface area (Å²) in [7, 11) is 0. The second-order valence-electron chi connectivity index (χ2n) is 7.93. The minimum Gasteiger partial charge on any atom is -0.490 e. The Kier molecular flexibility index (Phi) is 7.96. The van der Waals surface area contributed by atoms with E-state index in [0.29, 0.717) is 55.9 Å². The van der Waals surface area contributed by atoms with Gasteiger partial charge in [0.05, 0.1) is 41.7 Å². The van der Waals surface area contributed by atoms with Gasteiger partial charge < -0.3 is 14.2 Å². The minimum atomic E-state index is -0.734. The Morgan fingerprint density at radius 2 is 1.75 bits per heavy atom. The highest BCUT2D eigenvalue weighted by Gasteiger charge is 2.34. The number of ether oxygens (including phenoxy) is 3. The summed E-state index contributed by atoms with van der Waals surface area (Å²) in [4.78, 5) is 31.9. The quantitative estimate of drug-likeness (QED) is 0.410. The third-order valence-corrected chi connectivity index (χ3v) is 6.80. The van der Waals surface area contributed by atoms with Gasteiger partial charge in [0.2, 0.25) is 0 Å². The summed E-state index contributed by atoms with van der Waals surface area (Å²) in [6.45, 7) is 8.40. The van der Waals surface area contributed by atoms with Crippen LogP contribution in [-0.4, -0.2) is 30.4 Å². The zero-order valence-corrected chi connectivity index (χ0v) is 22.1. The zero-order chi connectivity index (χ0) is 25.8. The summed E-state index contributed by atoms with van der Waals surface area (Å²) in [6, 6.07) is 11.9. The maximum absolute atomic E-state index is 13.7. The van der Waals surface area contributed by atoms with Gasteiger partial charge in [0, 0.05) is 5.02 Å². The molecule has 0 bridgehead atoms. The summed E-state index contributed by atoms with van der Waals surface area (Å²) < 4.78 is 18.9. The normalized spacial score (nSPS) is 15.4. The largest absolute Gasteiger partial charge is 0.490 e. The lowest BCUT2D eigenvalue weighted by atomic mass is 9.95. The Bertz CT molecular complexity index is 1490. The molecule has 1 aliphatic heterocycles. The number of carbonyl (C=O) groups is 1. The molecule has 2 heterocycles. The first-order chi connectivity index (χ1) is 17.4. The van der Waals surface area contributed by atoms with Crippen molar-refractivity contribution in [2.45, 2.75) is 33.7 Å². The molecule has 4 rings (SSSR count). The summed E-state index contributed by atoms with van der Waals surface area (Å²) in [5.74, 6) is 0.622. The van der Waals surface area contributed by atoms with E-state index in [-0.39, 0.29) is 12.2 Å². The van der Waals surface area contributed by atoms with Gasteiger partial charge in [-0.2, -0.15) is 0 Å². The molecule has 36 heavy (non-hydrogen) atoms. The molecule has 2 aromatic carbocycles. The number of esters is 1. The van der Waals surface area contributed by atoms with Gasteiger partial charge >= 0.3 is 5.97 Å². The van der Waals surface area contributed by atoms with Crippen molar-refractivity contribution in [2.24, 2.45) is 4.99 Å². The molecule has 0 radical (unpaired) electrons. The van der Waals surface area contributed by atoms with Crippen LogP contribution in [0.4, 0.5) is 0 Å². The standard InChI is InChI=1S/C27H27ClN2O5S/c1-5-33-20-13-10-18(15-21(20)34-6-2)24-23(26(32)35-7-3)16(4)29-27-30(24)25(31)22(36-27)14-17-8-11-19(28)12-9-17/h8-15,24H,5-7H2,1-4H3. The zero-order valence-electron chi connectivity index (χ0n) is 20.5. The monoisotopic (exact) mass is 526 g/mol. The van der Waals surface area contributed by atoms with E-state index in [0.717, 1.165) is 5.56 Å². The van der Waals surface area contributed by atoms with Gasteiger partial charge in [-0.15, -0.1) is 0 Å². The molecule has 1 aliphatic rings. The maximum atomic E-state index is 13.7. The fraction of sp³-hybridized carbons (Fsp3) is 0.296. The molecule has 0 N–H and O–H groups in total. The first-order valence-electron chi connectivity index (χ1n) is 11.7. The molecule has 0 spiro atoms. The molecule has 1 aromatic heterocycles. The lowest BCUT2D eigenvalue weighted by Gasteiger charge is -2.25. The molecule has 3 aromatic rings. The molecule has 188 valence electrons. The van der Waals surface area contributed by atoms with Crippen LogP contribution in [0, 0.1) is 0 Å².